The average Bonchev–Trinajstić information content (AvgIpc) is 3.00. The number of hydrogen-bond acceptors (Lipinski definition) is 3. The van der Waals surface area contributed by atoms with Crippen molar-refractivity contribution in [3.63, 3.8) is 0 Å². The van der Waals surface area contributed by atoms with Crippen LogP contribution in [0.2, 0.25) is 0 Å². The maximum Gasteiger partial charge on any atom is 0.329 e. The van der Waals surface area contributed by atoms with E-state index in [0.717, 1.165) is 0 Å². The minimum atomic E-state index is -1.11. The average molecular weight is 284 g/mol. The van der Waals surface area contributed by atoms with Crippen LogP contribution >= 0.6 is 0 Å². The number of halogens is 2. The summed E-state index contributed by atoms with van der Waals surface area (Å²) >= 11 is 0. The molecule has 1 radical (unpaired) electrons. The van der Waals surface area contributed by atoms with E-state index in [0.29, 0.717) is 24.4 Å². The van der Waals surface area contributed by atoms with Gasteiger partial charge in [-0.2, -0.15) is 5.10 Å². The lowest BCUT2D eigenvalue weighted by molar-refractivity contribution is 0.513. The summed E-state index contributed by atoms with van der Waals surface area (Å²) in [6.45, 7) is 0. The van der Waals surface area contributed by atoms with Crippen LogP contribution in [0.25, 0.3) is 22.5 Å². The molecule has 0 aliphatic rings. The minimum Gasteiger partial charge on any atom is -0.450 e. The molecule has 103 valence electrons. The Morgan fingerprint density at radius 3 is 2.62 bits per heavy atom. The second-order valence-electron chi connectivity index (χ2n) is 4.33. The van der Waals surface area contributed by atoms with Gasteiger partial charge in [-0.1, -0.05) is 18.2 Å². The molecule has 0 amide bonds. The molecule has 2 N–H and O–H groups in total. The summed E-state index contributed by atoms with van der Waals surface area (Å²) in [6, 6.07) is 7.96. The third kappa shape index (κ3) is 2.32. The fourth-order valence-electron chi connectivity index (χ4n) is 2.07. The van der Waals surface area contributed by atoms with Gasteiger partial charge in [0.25, 0.3) is 0 Å². The molecule has 0 fully saturated rings. The van der Waals surface area contributed by atoms with E-state index in [9.17, 15) is 8.78 Å². The second kappa shape index (κ2) is 5.45. The molecule has 0 atom stereocenters. The molecule has 7 heteroatoms. The number of aromatic amines is 1. The number of benzene rings is 1. The summed E-state index contributed by atoms with van der Waals surface area (Å²) in [5, 5.41) is 15.5. The summed E-state index contributed by atoms with van der Waals surface area (Å²) in [7, 11) is 0.525. The van der Waals surface area contributed by atoms with Crippen molar-refractivity contribution in [3.8, 4) is 22.5 Å². The van der Waals surface area contributed by atoms with Gasteiger partial charge in [-0.3, -0.25) is 10.1 Å². The maximum atomic E-state index is 14.1. The van der Waals surface area contributed by atoms with Crippen LogP contribution in [-0.4, -0.2) is 27.7 Å². The molecule has 0 aliphatic carbocycles. The van der Waals surface area contributed by atoms with Gasteiger partial charge in [0, 0.05) is 17.3 Å². The lowest BCUT2D eigenvalue weighted by Crippen LogP contribution is -2.19. The molecule has 3 aromatic rings. The van der Waals surface area contributed by atoms with Crippen molar-refractivity contribution in [2.75, 3.05) is 0 Å². The Labute approximate surface area is 119 Å². The first kappa shape index (κ1) is 13.4. The molecule has 0 spiro atoms. The maximum absolute atomic E-state index is 14.1. The zero-order valence-electron chi connectivity index (χ0n) is 10.7. The molecule has 0 saturated heterocycles. The van der Waals surface area contributed by atoms with Gasteiger partial charge in [-0.05, 0) is 17.6 Å². The molecule has 0 unspecified atom stereocenters. The molecule has 0 bridgehead atoms. The van der Waals surface area contributed by atoms with Crippen molar-refractivity contribution in [2.45, 2.75) is 0 Å². The molecule has 4 nitrogen and oxygen atoms in total. The van der Waals surface area contributed by atoms with Crippen LogP contribution in [-0.2, 0) is 0 Å². The molecule has 3 rings (SSSR count). The Morgan fingerprint density at radius 1 is 1.05 bits per heavy atom. The van der Waals surface area contributed by atoms with Gasteiger partial charge >= 0.3 is 7.48 Å². The van der Waals surface area contributed by atoms with E-state index in [-0.39, 0.29) is 11.0 Å². The predicted octanol–water partition coefficient (Wildman–Crippen LogP) is 1.65. The zero-order valence-corrected chi connectivity index (χ0v) is 10.7. The van der Waals surface area contributed by atoms with E-state index < -0.39 is 11.6 Å². The van der Waals surface area contributed by atoms with Crippen LogP contribution in [0.15, 0.2) is 42.7 Å². The van der Waals surface area contributed by atoms with E-state index in [4.69, 9.17) is 5.02 Å². The third-order valence-corrected chi connectivity index (χ3v) is 3.10. The Balaban J connectivity index is 2.15. The number of rotatable bonds is 3. The number of aromatic nitrogens is 3. The highest BCUT2D eigenvalue weighted by molar-refractivity contribution is 6.45. The number of H-pyrrole nitrogens is 1. The number of nitrogens with one attached hydrogen (secondary N) is 1. The SMILES string of the molecule is O[B]c1ccc(-c2cn[nH]c2-c2ccccn2)c(F)c1F. The molecular weight excluding hydrogens is 275 g/mol. The van der Waals surface area contributed by atoms with Crippen LogP contribution < -0.4 is 5.46 Å². The number of hydrogen-bond donors (Lipinski definition) is 2. The molecule has 0 saturated carbocycles. The molecule has 21 heavy (non-hydrogen) atoms. The Bertz CT molecular complexity index is 777. The van der Waals surface area contributed by atoms with Gasteiger partial charge in [0.1, 0.15) is 0 Å². The molecular formula is C14H9BF2N3O. The van der Waals surface area contributed by atoms with Gasteiger partial charge in [-0.15, -0.1) is 0 Å². The largest absolute Gasteiger partial charge is 0.450 e. The van der Waals surface area contributed by atoms with Crippen molar-refractivity contribution in [1.29, 1.82) is 0 Å². The van der Waals surface area contributed by atoms with Gasteiger partial charge in [0.15, 0.2) is 11.6 Å². The van der Waals surface area contributed by atoms with E-state index in [1.165, 1.54) is 18.3 Å². The number of pyridine rings is 1. The summed E-state index contributed by atoms with van der Waals surface area (Å²) < 4.78 is 27.9. The van der Waals surface area contributed by atoms with Crippen LogP contribution in [0.1, 0.15) is 0 Å². The van der Waals surface area contributed by atoms with E-state index >= 15 is 0 Å². The highest BCUT2D eigenvalue weighted by Crippen LogP contribution is 2.30. The number of nitrogens with zero attached hydrogens (tertiary/aromatic N) is 2. The quantitative estimate of drug-likeness (QED) is 0.719. The topological polar surface area (TPSA) is 61.8 Å². The summed E-state index contributed by atoms with van der Waals surface area (Å²) in [6.07, 6.45) is 3.00. The molecule has 0 aliphatic heterocycles. The molecule has 2 heterocycles. The van der Waals surface area contributed by atoms with Gasteiger partial charge in [-0.25, -0.2) is 8.78 Å². The van der Waals surface area contributed by atoms with E-state index in [1.54, 1.807) is 24.4 Å². The normalized spacial score (nSPS) is 10.6. The van der Waals surface area contributed by atoms with Crippen molar-refractivity contribution in [3.05, 3.63) is 54.4 Å². The summed E-state index contributed by atoms with van der Waals surface area (Å²) in [4.78, 5) is 4.16. The van der Waals surface area contributed by atoms with Crippen molar-refractivity contribution < 1.29 is 13.8 Å². The first-order valence-corrected chi connectivity index (χ1v) is 6.13. The lowest BCUT2D eigenvalue weighted by Gasteiger charge is -2.07. The van der Waals surface area contributed by atoms with Gasteiger partial charge < -0.3 is 5.02 Å². The Kier molecular flexibility index (Phi) is 3.49. The Morgan fingerprint density at radius 2 is 1.90 bits per heavy atom. The lowest BCUT2D eigenvalue weighted by atomic mass is 9.86. The first-order valence-electron chi connectivity index (χ1n) is 6.13. The molecule has 2 aromatic heterocycles. The van der Waals surface area contributed by atoms with Crippen LogP contribution in [0.3, 0.4) is 0 Å². The highest BCUT2D eigenvalue weighted by Gasteiger charge is 2.19. The van der Waals surface area contributed by atoms with Crippen LogP contribution in [0, 0.1) is 11.6 Å². The second-order valence-corrected chi connectivity index (χ2v) is 4.33. The van der Waals surface area contributed by atoms with Gasteiger partial charge in [0.2, 0.25) is 0 Å². The van der Waals surface area contributed by atoms with Crippen molar-refractivity contribution in [2.24, 2.45) is 0 Å². The van der Waals surface area contributed by atoms with E-state index in [1.807, 2.05) is 0 Å². The van der Waals surface area contributed by atoms with E-state index in [2.05, 4.69) is 15.2 Å². The predicted molar refractivity (Wildman–Crippen MR) is 74.8 cm³/mol. The third-order valence-electron chi connectivity index (χ3n) is 3.10. The highest BCUT2D eigenvalue weighted by atomic mass is 19.2. The monoisotopic (exact) mass is 284 g/mol. The smallest absolute Gasteiger partial charge is 0.329 e. The first-order chi connectivity index (χ1) is 10.2. The van der Waals surface area contributed by atoms with Gasteiger partial charge in [0.05, 0.1) is 17.6 Å². The Hall–Kier alpha value is -2.54. The van der Waals surface area contributed by atoms with Crippen molar-refractivity contribution in [1.82, 2.24) is 15.2 Å². The minimum absolute atomic E-state index is 0.0486. The standard InChI is InChI=1S/C14H9BF2N3O/c16-12-8(4-5-10(15-21)13(12)17)9-7-19-20-14(9)11-3-1-2-6-18-11/h1-7,21H,(H,19,20). The summed E-state index contributed by atoms with van der Waals surface area (Å²) in [5.74, 6) is -2.15. The fraction of sp³-hybridized carbons (Fsp3) is 0. The zero-order chi connectivity index (χ0) is 14.8. The van der Waals surface area contributed by atoms with Crippen LogP contribution in [0.4, 0.5) is 8.78 Å². The van der Waals surface area contributed by atoms with Crippen LogP contribution in [0.5, 0.6) is 0 Å². The van der Waals surface area contributed by atoms with Crippen molar-refractivity contribution >= 4 is 12.9 Å². The summed E-state index contributed by atoms with van der Waals surface area (Å²) in [5.41, 5.74) is 1.30. The molecule has 1 aromatic carbocycles. The fourth-order valence-corrected chi connectivity index (χ4v) is 2.07.